The Morgan fingerprint density at radius 2 is 2.21 bits per heavy atom. The molecule has 2 aromatic rings. The fourth-order valence-electron chi connectivity index (χ4n) is 1.58. The number of rotatable bonds is 3. The summed E-state index contributed by atoms with van der Waals surface area (Å²) in [6, 6.07) is 4.64. The predicted molar refractivity (Wildman–Crippen MR) is 77.7 cm³/mol. The van der Waals surface area contributed by atoms with Gasteiger partial charge in [0.25, 0.3) is 5.91 Å². The van der Waals surface area contributed by atoms with Crippen LogP contribution in [0.1, 0.15) is 15.2 Å². The van der Waals surface area contributed by atoms with E-state index in [1.165, 1.54) is 24.5 Å². The predicted octanol–water partition coefficient (Wildman–Crippen LogP) is 4.22. The molecule has 1 aromatic carbocycles. The molecule has 0 spiro atoms. The van der Waals surface area contributed by atoms with Gasteiger partial charge in [-0.2, -0.15) is 0 Å². The lowest BCUT2D eigenvalue weighted by Gasteiger charge is -2.09. The monoisotopic (exact) mass is 343 g/mol. The lowest BCUT2D eigenvalue weighted by molar-refractivity contribution is 0.102. The van der Waals surface area contributed by atoms with Crippen LogP contribution in [0.2, 0.25) is 0 Å². The molecule has 1 aromatic heterocycles. The lowest BCUT2D eigenvalue weighted by atomic mass is 10.2. The molecule has 100 valence electrons. The first kappa shape index (κ1) is 14.0. The summed E-state index contributed by atoms with van der Waals surface area (Å²) in [4.78, 5) is 12.6. The maximum absolute atomic E-state index is 13.3. The Balaban J connectivity index is 2.27. The second-order valence-electron chi connectivity index (χ2n) is 3.85. The molecular weight excluding hydrogens is 333 g/mol. The second-order valence-corrected chi connectivity index (χ2v) is 5.62. The van der Waals surface area contributed by atoms with Crippen LogP contribution in [-0.2, 0) is 0 Å². The maximum atomic E-state index is 13.3. The first-order valence-electron chi connectivity index (χ1n) is 5.41. The van der Waals surface area contributed by atoms with E-state index in [0.29, 0.717) is 26.4 Å². The third-order valence-electron chi connectivity index (χ3n) is 2.57. The van der Waals surface area contributed by atoms with Crippen molar-refractivity contribution in [3.8, 4) is 5.75 Å². The number of thiophene rings is 1. The quantitative estimate of drug-likeness (QED) is 0.905. The fourth-order valence-corrected chi connectivity index (χ4v) is 2.68. The standard InChI is InChI=1S/C13H11BrFNO2S/c1-7-5-9(15)8(14)6-10(7)16-13(17)12-11(18-2)3-4-19-12/h3-6H,1-2H3,(H,16,17). The second kappa shape index (κ2) is 5.71. The van der Waals surface area contributed by atoms with E-state index >= 15 is 0 Å². The zero-order valence-corrected chi connectivity index (χ0v) is 12.7. The van der Waals surface area contributed by atoms with Gasteiger partial charge in [-0.15, -0.1) is 11.3 Å². The van der Waals surface area contributed by atoms with Crippen molar-refractivity contribution >= 4 is 38.9 Å². The number of nitrogens with one attached hydrogen (secondary N) is 1. The van der Waals surface area contributed by atoms with E-state index in [-0.39, 0.29) is 11.7 Å². The molecule has 0 bridgehead atoms. The highest BCUT2D eigenvalue weighted by Gasteiger charge is 2.15. The van der Waals surface area contributed by atoms with Gasteiger partial charge in [0.1, 0.15) is 16.4 Å². The summed E-state index contributed by atoms with van der Waals surface area (Å²) in [5.74, 6) is -0.0982. The summed E-state index contributed by atoms with van der Waals surface area (Å²) in [5, 5.41) is 4.53. The molecule has 6 heteroatoms. The Hall–Kier alpha value is -1.40. The van der Waals surface area contributed by atoms with Crippen LogP contribution in [0.5, 0.6) is 5.75 Å². The smallest absolute Gasteiger partial charge is 0.269 e. The van der Waals surface area contributed by atoms with Crippen LogP contribution in [-0.4, -0.2) is 13.0 Å². The largest absolute Gasteiger partial charge is 0.495 e. The maximum Gasteiger partial charge on any atom is 0.269 e. The molecule has 0 aliphatic rings. The molecule has 19 heavy (non-hydrogen) atoms. The van der Waals surface area contributed by atoms with Crippen LogP contribution in [0.3, 0.4) is 0 Å². The van der Waals surface area contributed by atoms with Crippen molar-refractivity contribution in [3.63, 3.8) is 0 Å². The number of hydrogen-bond donors (Lipinski definition) is 1. The first-order valence-corrected chi connectivity index (χ1v) is 7.08. The van der Waals surface area contributed by atoms with Crippen molar-refractivity contribution in [1.82, 2.24) is 0 Å². The Bertz CT molecular complexity index is 627. The van der Waals surface area contributed by atoms with Crippen molar-refractivity contribution in [3.05, 3.63) is 44.3 Å². The topological polar surface area (TPSA) is 38.3 Å². The number of benzene rings is 1. The minimum atomic E-state index is -0.357. The van der Waals surface area contributed by atoms with Gasteiger partial charge in [-0.3, -0.25) is 4.79 Å². The molecule has 2 rings (SSSR count). The summed E-state index contributed by atoms with van der Waals surface area (Å²) < 4.78 is 18.7. The number of hydrogen-bond acceptors (Lipinski definition) is 3. The molecule has 1 heterocycles. The third kappa shape index (κ3) is 2.96. The van der Waals surface area contributed by atoms with Gasteiger partial charge >= 0.3 is 0 Å². The van der Waals surface area contributed by atoms with Gasteiger partial charge in [-0.25, -0.2) is 4.39 Å². The lowest BCUT2D eigenvalue weighted by Crippen LogP contribution is -2.12. The van der Waals surface area contributed by atoms with Crippen LogP contribution < -0.4 is 10.1 Å². The molecular formula is C13H11BrFNO2S. The average Bonchev–Trinajstić information content (AvgIpc) is 2.84. The molecule has 0 saturated carbocycles. The average molecular weight is 344 g/mol. The van der Waals surface area contributed by atoms with Crippen molar-refractivity contribution in [2.45, 2.75) is 6.92 Å². The summed E-state index contributed by atoms with van der Waals surface area (Å²) in [6.45, 7) is 1.73. The molecule has 0 aliphatic carbocycles. The number of carbonyl (C=O) groups excluding carboxylic acids is 1. The molecule has 1 N–H and O–H groups in total. The van der Waals surface area contributed by atoms with E-state index in [4.69, 9.17) is 4.74 Å². The number of aryl methyl sites for hydroxylation is 1. The van der Waals surface area contributed by atoms with Crippen molar-refractivity contribution < 1.29 is 13.9 Å². The van der Waals surface area contributed by atoms with Gasteiger partial charge in [0.15, 0.2) is 0 Å². The highest BCUT2D eigenvalue weighted by Crippen LogP contribution is 2.28. The van der Waals surface area contributed by atoms with Crippen LogP contribution in [0, 0.1) is 12.7 Å². The zero-order chi connectivity index (χ0) is 14.0. The number of amides is 1. The molecule has 0 unspecified atom stereocenters. The normalized spacial score (nSPS) is 10.3. The Morgan fingerprint density at radius 3 is 2.89 bits per heavy atom. The number of methoxy groups -OCH3 is 1. The highest BCUT2D eigenvalue weighted by atomic mass is 79.9. The van der Waals surface area contributed by atoms with Crippen LogP contribution >= 0.6 is 27.3 Å². The summed E-state index contributed by atoms with van der Waals surface area (Å²) in [5.41, 5.74) is 1.22. The Morgan fingerprint density at radius 1 is 1.47 bits per heavy atom. The minimum Gasteiger partial charge on any atom is -0.495 e. The van der Waals surface area contributed by atoms with E-state index in [0.717, 1.165) is 0 Å². The van der Waals surface area contributed by atoms with E-state index in [1.54, 1.807) is 24.4 Å². The van der Waals surface area contributed by atoms with Crippen molar-refractivity contribution in [2.24, 2.45) is 0 Å². The number of carbonyl (C=O) groups is 1. The molecule has 1 amide bonds. The van der Waals surface area contributed by atoms with Gasteiger partial charge in [0.2, 0.25) is 0 Å². The third-order valence-corrected chi connectivity index (χ3v) is 4.07. The number of halogens is 2. The van der Waals surface area contributed by atoms with E-state index in [9.17, 15) is 9.18 Å². The van der Waals surface area contributed by atoms with Gasteiger partial charge < -0.3 is 10.1 Å². The van der Waals surface area contributed by atoms with Crippen LogP contribution in [0.4, 0.5) is 10.1 Å². The van der Waals surface area contributed by atoms with Gasteiger partial charge in [-0.1, -0.05) is 0 Å². The summed E-state index contributed by atoms with van der Waals surface area (Å²) in [7, 11) is 1.51. The summed E-state index contributed by atoms with van der Waals surface area (Å²) in [6.07, 6.45) is 0. The van der Waals surface area contributed by atoms with Crippen LogP contribution in [0.15, 0.2) is 28.1 Å². The summed E-state index contributed by atoms with van der Waals surface area (Å²) >= 11 is 4.39. The van der Waals surface area contributed by atoms with Crippen LogP contribution in [0.25, 0.3) is 0 Å². The highest BCUT2D eigenvalue weighted by molar-refractivity contribution is 9.10. The van der Waals surface area contributed by atoms with Crippen molar-refractivity contribution in [1.29, 1.82) is 0 Å². The molecule has 0 saturated heterocycles. The zero-order valence-electron chi connectivity index (χ0n) is 10.3. The van der Waals surface area contributed by atoms with Gasteiger partial charge in [0, 0.05) is 5.69 Å². The van der Waals surface area contributed by atoms with E-state index in [1.807, 2.05) is 0 Å². The molecule has 3 nitrogen and oxygen atoms in total. The van der Waals surface area contributed by atoms with Crippen molar-refractivity contribution in [2.75, 3.05) is 12.4 Å². The molecule has 0 aliphatic heterocycles. The molecule has 0 atom stereocenters. The molecule has 0 radical (unpaired) electrons. The Kier molecular flexibility index (Phi) is 4.21. The fraction of sp³-hybridized carbons (Fsp3) is 0.154. The SMILES string of the molecule is COc1ccsc1C(=O)Nc1cc(Br)c(F)cc1C. The first-order chi connectivity index (χ1) is 9.02. The van der Waals surface area contributed by atoms with E-state index in [2.05, 4.69) is 21.2 Å². The van der Waals surface area contributed by atoms with Gasteiger partial charge in [-0.05, 0) is 52.0 Å². The van der Waals surface area contributed by atoms with E-state index < -0.39 is 0 Å². The van der Waals surface area contributed by atoms with Gasteiger partial charge in [0.05, 0.1) is 11.6 Å². The Labute approximate surface area is 122 Å². The number of anilines is 1. The minimum absolute atomic E-state index is 0.270. The molecule has 0 fully saturated rings. The number of ether oxygens (including phenoxy) is 1.